The Morgan fingerprint density at radius 3 is 2.60 bits per heavy atom. The highest BCUT2D eigenvalue weighted by molar-refractivity contribution is 5.98. The molecule has 1 heterocycles. The maximum Gasteiger partial charge on any atom is 0.270 e. The number of methoxy groups -OCH3 is 1. The van der Waals surface area contributed by atoms with Gasteiger partial charge in [0, 0.05) is 30.4 Å². The Morgan fingerprint density at radius 1 is 1.12 bits per heavy atom. The van der Waals surface area contributed by atoms with Crippen molar-refractivity contribution in [3.63, 3.8) is 0 Å². The van der Waals surface area contributed by atoms with E-state index in [9.17, 15) is 9.59 Å². The number of para-hydroxylation sites is 1. The second-order valence-electron chi connectivity index (χ2n) is 6.03. The fourth-order valence-corrected chi connectivity index (χ4v) is 2.21. The van der Waals surface area contributed by atoms with Gasteiger partial charge in [-0.2, -0.15) is 0 Å². The first-order valence-electron chi connectivity index (χ1n) is 8.15. The lowest BCUT2D eigenvalue weighted by molar-refractivity contribution is 0.0945. The van der Waals surface area contributed by atoms with Crippen molar-refractivity contribution in [3.8, 4) is 5.75 Å². The molecule has 6 heteroatoms. The SMILES string of the molecule is COc1ccccc1CNC(=O)c1cc(C(=O)NCC(C)C)ccn1. The van der Waals surface area contributed by atoms with Crippen LogP contribution in [0.4, 0.5) is 0 Å². The van der Waals surface area contributed by atoms with Crippen LogP contribution in [-0.2, 0) is 6.54 Å². The van der Waals surface area contributed by atoms with Crippen molar-refractivity contribution >= 4 is 11.8 Å². The summed E-state index contributed by atoms with van der Waals surface area (Å²) in [5.74, 6) is 0.506. The van der Waals surface area contributed by atoms with E-state index in [2.05, 4.69) is 15.6 Å². The number of hydrogen-bond acceptors (Lipinski definition) is 4. The molecular formula is C19H23N3O3. The number of hydrogen-bond donors (Lipinski definition) is 2. The fourth-order valence-electron chi connectivity index (χ4n) is 2.21. The van der Waals surface area contributed by atoms with Gasteiger partial charge in [0.15, 0.2) is 0 Å². The average molecular weight is 341 g/mol. The van der Waals surface area contributed by atoms with Crippen molar-refractivity contribution in [2.75, 3.05) is 13.7 Å². The van der Waals surface area contributed by atoms with E-state index in [1.165, 1.54) is 12.3 Å². The minimum Gasteiger partial charge on any atom is -0.496 e. The first-order chi connectivity index (χ1) is 12.0. The maximum atomic E-state index is 12.3. The summed E-state index contributed by atoms with van der Waals surface area (Å²) in [5, 5.41) is 5.62. The molecule has 2 rings (SSSR count). The molecule has 0 bridgehead atoms. The highest BCUT2D eigenvalue weighted by atomic mass is 16.5. The summed E-state index contributed by atoms with van der Waals surface area (Å²) in [5.41, 5.74) is 1.48. The molecule has 2 amide bonds. The van der Waals surface area contributed by atoms with E-state index in [1.807, 2.05) is 38.1 Å². The minimum atomic E-state index is -0.343. The van der Waals surface area contributed by atoms with E-state index in [1.54, 1.807) is 13.2 Å². The smallest absolute Gasteiger partial charge is 0.270 e. The van der Waals surface area contributed by atoms with Gasteiger partial charge in [0.25, 0.3) is 11.8 Å². The summed E-state index contributed by atoms with van der Waals surface area (Å²) in [6.45, 7) is 4.93. The van der Waals surface area contributed by atoms with Crippen molar-refractivity contribution in [2.24, 2.45) is 5.92 Å². The van der Waals surface area contributed by atoms with Gasteiger partial charge in [-0.1, -0.05) is 32.0 Å². The molecule has 0 radical (unpaired) electrons. The number of aromatic nitrogens is 1. The van der Waals surface area contributed by atoms with Crippen LogP contribution >= 0.6 is 0 Å². The van der Waals surface area contributed by atoms with Crippen LogP contribution in [0.15, 0.2) is 42.6 Å². The number of ether oxygens (including phenoxy) is 1. The Labute approximate surface area is 147 Å². The van der Waals surface area contributed by atoms with Crippen LogP contribution in [0.2, 0.25) is 0 Å². The zero-order chi connectivity index (χ0) is 18.2. The van der Waals surface area contributed by atoms with Gasteiger partial charge in [-0.25, -0.2) is 0 Å². The molecule has 0 atom stereocenters. The summed E-state index contributed by atoms with van der Waals surface area (Å²) in [6.07, 6.45) is 1.46. The largest absolute Gasteiger partial charge is 0.496 e. The number of pyridine rings is 1. The number of amides is 2. The third-order valence-electron chi connectivity index (χ3n) is 3.56. The van der Waals surface area contributed by atoms with Crippen LogP contribution in [-0.4, -0.2) is 30.5 Å². The van der Waals surface area contributed by atoms with E-state index in [0.29, 0.717) is 30.3 Å². The van der Waals surface area contributed by atoms with Crippen LogP contribution in [0.25, 0.3) is 0 Å². The summed E-state index contributed by atoms with van der Waals surface area (Å²) in [6, 6.07) is 10.5. The Bertz CT molecular complexity index is 744. The van der Waals surface area contributed by atoms with Crippen molar-refractivity contribution in [3.05, 3.63) is 59.4 Å². The third kappa shape index (κ3) is 5.31. The lowest BCUT2D eigenvalue weighted by Gasteiger charge is -2.10. The molecule has 2 aromatic rings. The zero-order valence-electron chi connectivity index (χ0n) is 14.7. The Hall–Kier alpha value is -2.89. The fraction of sp³-hybridized carbons (Fsp3) is 0.316. The van der Waals surface area contributed by atoms with Gasteiger partial charge < -0.3 is 15.4 Å². The van der Waals surface area contributed by atoms with Gasteiger partial charge in [0.05, 0.1) is 7.11 Å². The number of benzene rings is 1. The molecule has 0 fully saturated rings. The second-order valence-corrected chi connectivity index (χ2v) is 6.03. The van der Waals surface area contributed by atoms with E-state index >= 15 is 0 Å². The van der Waals surface area contributed by atoms with Gasteiger partial charge in [-0.3, -0.25) is 14.6 Å². The highest BCUT2D eigenvalue weighted by Gasteiger charge is 2.12. The Morgan fingerprint density at radius 2 is 1.88 bits per heavy atom. The topological polar surface area (TPSA) is 80.3 Å². The molecule has 1 aromatic carbocycles. The summed E-state index contributed by atoms with van der Waals surface area (Å²) >= 11 is 0. The number of carbonyl (C=O) groups excluding carboxylic acids is 2. The van der Waals surface area contributed by atoms with Crippen LogP contribution in [0.5, 0.6) is 5.75 Å². The molecular weight excluding hydrogens is 318 g/mol. The summed E-state index contributed by atoms with van der Waals surface area (Å²) < 4.78 is 5.26. The standard InChI is InChI=1S/C19H23N3O3/c1-13(2)11-21-18(23)14-8-9-20-16(10-14)19(24)22-12-15-6-4-5-7-17(15)25-3/h4-10,13H,11-12H2,1-3H3,(H,21,23)(H,22,24). The molecule has 25 heavy (non-hydrogen) atoms. The second kappa shape index (κ2) is 8.82. The normalized spacial score (nSPS) is 10.4. The predicted octanol–water partition coefficient (Wildman–Crippen LogP) is 2.41. The van der Waals surface area contributed by atoms with Crippen molar-refractivity contribution in [1.29, 1.82) is 0 Å². The molecule has 0 aliphatic carbocycles. The van der Waals surface area contributed by atoms with Crippen molar-refractivity contribution in [2.45, 2.75) is 20.4 Å². The van der Waals surface area contributed by atoms with Crippen molar-refractivity contribution < 1.29 is 14.3 Å². The molecule has 1 aromatic heterocycles. The van der Waals surface area contributed by atoms with Gasteiger partial charge >= 0.3 is 0 Å². The summed E-state index contributed by atoms with van der Waals surface area (Å²) in [7, 11) is 1.58. The molecule has 132 valence electrons. The minimum absolute atomic E-state index is 0.201. The van der Waals surface area contributed by atoms with E-state index in [4.69, 9.17) is 4.74 Å². The van der Waals surface area contributed by atoms with Crippen LogP contribution in [0.3, 0.4) is 0 Å². The quantitative estimate of drug-likeness (QED) is 0.810. The van der Waals surface area contributed by atoms with E-state index < -0.39 is 0 Å². The molecule has 0 unspecified atom stereocenters. The number of nitrogens with one attached hydrogen (secondary N) is 2. The first kappa shape index (κ1) is 18.4. The molecule has 0 aliphatic rings. The molecule has 0 saturated heterocycles. The lowest BCUT2D eigenvalue weighted by Crippen LogP contribution is -2.28. The zero-order valence-corrected chi connectivity index (χ0v) is 14.7. The van der Waals surface area contributed by atoms with E-state index in [-0.39, 0.29) is 17.5 Å². The lowest BCUT2D eigenvalue weighted by atomic mass is 10.1. The summed E-state index contributed by atoms with van der Waals surface area (Å²) in [4.78, 5) is 28.5. The Balaban J connectivity index is 2.02. The maximum absolute atomic E-state index is 12.3. The van der Waals surface area contributed by atoms with Gasteiger partial charge in [0.2, 0.25) is 0 Å². The van der Waals surface area contributed by atoms with Gasteiger partial charge in [-0.05, 0) is 24.1 Å². The van der Waals surface area contributed by atoms with Crippen molar-refractivity contribution in [1.82, 2.24) is 15.6 Å². The van der Waals surface area contributed by atoms with E-state index in [0.717, 1.165) is 5.56 Å². The molecule has 2 N–H and O–H groups in total. The number of carbonyl (C=O) groups is 2. The van der Waals surface area contributed by atoms with Gasteiger partial charge in [-0.15, -0.1) is 0 Å². The van der Waals surface area contributed by atoms with Crippen LogP contribution in [0.1, 0.15) is 40.3 Å². The molecule has 0 saturated carbocycles. The first-order valence-corrected chi connectivity index (χ1v) is 8.15. The predicted molar refractivity (Wildman–Crippen MR) is 95.6 cm³/mol. The highest BCUT2D eigenvalue weighted by Crippen LogP contribution is 2.16. The number of nitrogens with zero attached hydrogens (tertiary/aromatic N) is 1. The number of rotatable bonds is 7. The van der Waals surface area contributed by atoms with Crippen LogP contribution in [0, 0.1) is 5.92 Å². The van der Waals surface area contributed by atoms with Crippen LogP contribution < -0.4 is 15.4 Å². The third-order valence-corrected chi connectivity index (χ3v) is 3.56. The Kier molecular flexibility index (Phi) is 6.51. The molecule has 0 aliphatic heterocycles. The molecule has 6 nitrogen and oxygen atoms in total. The van der Waals surface area contributed by atoms with Gasteiger partial charge in [0.1, 0.15) is 11.4 Å². The monoisotopic (exact) mass is 341 g/mol. The molecule has 0 spiro atoms. The average Bonchev–Trinajstić information content (AvgIpc) is 2.64.